The fourth-order valence-electron chi connectivity index (χ4n) is 5.77. The number of pyridine rings is 1. The van der Waals surface area contributed by atoms with Gasteiger partial charge >= 0.3 is 0 Å². The normalized spacial score (nSPS) is 15.1. The SMILES string of the molecule is Cc1nc(N)ccc1CNC(=O)[C@@H]1CCc2cnc(NCC3c4ccccc4Cc4ccccc43)c(=O)n21.Cl.Cl. The molecule has 0 unspecified atom stereocenters. The lowest BCUT2D eigenvalue weighted by Gasteiger charge is -2.29. The van der Waals surface area contributed by atoms with E-state index in [1.54, 1.807) is 16.8 Å². The second-order valence-electron chi connectivity index (χ2n) is 10.0. The van der Waals surface area contributed by atoms with E-state index in [2.05, 4.69) is 69.1 Å². The largest absolute Gasteiger partial charge is 0.384 e. The van der Waals surface area contributed by atoms with Crippen molar-refractivity contribution in [2.45, 2.75) is 44.7 Å². The van der Waals surface area contributed by atoms with E-state index in [0.717, 1.165) is 23.4 Å². The van der Waals surface area contributed by atoms with Crippen molar-refractivity contribution in [2.24, 2.45) is 0 Å². The van der Waals surface area contributed by atoms with Gasteiger partial charge in [0.2, 0.25) is 5.91 Å². The number of nitrogens with one attached hydrogen (secondary N) is 2. The number of halogens is 2. The predicted molar refractivity (Wildman–Crippen MR) is 162 cm³/mol. The molecule has 4 N–H and O–H groups in total. The standard InChI is InChI=1S/C30H30N6O2.2ClH/c1-18-21(10-13-27(31)35-18)15-34-29(37)26-12-11-22-16-32-28(30(38)36(22)26)33-17-25-23-8-4-2-6-19(23)14-20-7-3-5-9-24(20)25;;/h2-10,13,16,25-26H,11-12,14-15,17H2,1H3,(H2,31,35)(H,32,33)(H,34,37);2*1H/t26-;;/m0../s1. The average Bonchev–Trinajstić information content (AvgIpc) is 3.36. The number of anilines is 2. The molecule has 0 saturated carbocycles. The van der Waals surface area contributed by atoms with Gasteiger partial charge in [0, 0.05) is 36.6 Å². The number of fused-ring (bicyclic) bond motifs is 3. The van der Waals surface area contributed by atoms with E-state index in [4.69, 9.17) is 5.73 Å². The highest BCUT2D eigenvalue weighted by atomic mass is 35.5. The summed E-state index contributed by atoms with van der Waals surface area (Å²) in [6, 6.07) is 20.0. The summed E-state index contributed by atoms with van der Waals surface area (Å²) in [5, 5.41) is 6.30. The maximum atomic E-state index is 13.5. The highest BCUT2D eigenvalue weighted by Crippen LogP contribution is 2.36. The Kier molecular flexibility index (Phi) is 8.81. The van der Waals surface area contributed by atoms with Crippen molar-refractivity contribution in [1.29, 1.82) is 0 Å². The quantitative estimate of drug-likeness (QED) is 0.314. The third-order valence-corrected chi connectivity index (χ3v) is 7.75. The van der Waals surface area contributed by atoms with Crippen molar-refractivity contribution in [3.8, 4) is 0 Å². The zero-order chi connectivity index (χ0) is 26.2. The minimum Gasteiger partial charge on any atom is -0.384 e. The molecule has 0 bridgehead atoms. The van der Waals surface area contributed by atoms with E-state index in [-0.39, 0.29) is 48.0 Å². The van der Waals surface area contributed by atoms with Crippen LogP contribution in [0.2, 0.25) is 0 Å². The molecule has 0 radical (unpaired) electrons. The molecule has 2 aromatic carbocycles. The second-order valence-corrected chi connectivity index (χ2v) is 10.0. The first-order valence-electron chi connectivity index (χ1n) is 13.0. The van der Waals surface area contributed by atoms with Crippen LogP contribution in [0.4, 0.5) is 11.6 Å². The predicted octanol–water partition coefficient (Wildman–Crippen LogP) is 4.32. The van der Waals surface area contributed by atoms with Crippen LogP contribution < -0.4 is 21.9 Å². The van der Waals surface area contributed by atoms with Crippen LogP contribution in [0.25, 0.3) is 0 Å². The number of aryl methyl sites for hydroxylation is 2. The second kappa shape index (κ2) is 12.1. The van der Waals surface area contributed by atoms with Crippen molar-refractivity contribution in [3.05, 3.63) is 116 Å². The molecule has 0 saturated heterocycles. The third-order valence-electron chi connectivity index (χ3n) is 7.75. The number of nitrogens with two attached hydrogens (primary N) is 1. The summed E-state index contributed by atoms with van der Waals surface area (Å²) < 4.78 is 1.60. The molecule has 40 heavy (non-hydrogen) atoms. The number of rotatable bonds is 6. The molecule has 1 atom stereocenters. The van der Waals surface area contributed by atoms with Crippen LogP contribution in [0.5, 0.6) is 0 Å². The Bertz CT molecular complexity index is 1560. The number of hydrogen-bond acceptors (Lipinski definition) is 6. The minimum absolute atomic E-state index is 0. The highest BCUT2D eigenvalue weighted by molar-refractivity contribution is 5.85. The Morgan fingerprint density at radius 1 is 1.02 bits per heavy atom. The van der Waals surface area contributed by atoms with Gasteiger partial charge in [-0.3, -0.25) is 14.2 Å². The fraction of sp³-hybridized carbons (Fsp3) is 0.267. The van der Waals surface area contributed by atoms with Crippen LogP contribution in [0, 0.1) is 6.92 Å². The molecule has 1 aliphatic heterocycles. The lowest BCUT2D eigenvalue weighted by molar-refractivity contribution is -0.124. The van der Waals surface area contributed by atoms with Crippen molar-refractivity contribution in [1.82, 2.24) is 19.9 Å². The average molecular weight is 580 g/mol. The molecule has 6 rings (SSSR count). The Morgan fingerprint density at radius 2 is 1.70 bits per heavy atom. The van der Waals surface area contributed by atoms with Gasteiger partial charge in [0.1, 0.15) is 11.9 Å². The fourth-order valence-corrected chi connectivity index (χ4v) is 5.77. The summed E-state index contributed by atoms with van der Waals surface area (Å²) in [5.41, 5.74) is 13.1. The molecule has 2 aromatic heterocycles. The van der Waals surface area contributed by atoms with Crippen LogP contribution in [0.3, 0.4) is 0 Å². The number of nitrogen functional groups attached to an aromatic ring is 1. The number of carbonyl (C=O) groups excluding carboxylic acids is 1. The summed E-state index contributed by atoms with van der Waals surface area (Å²) in [4.78, 5) is 35.4. The molecule has 2 aliphatic rings. The van der Waals surface area contributed by atoms with E-state index in [1.165, 1.54) is 22.3 Å². The van der Waals surface area contributed by atoms with Crippen molar-refractivity contribution in [2.75, 3.05) is 17.6 Å². The van der Waals surface area contributed by atoms with Gasteiger partial charge < -0.3 is 16.4 Å². The number of hydrogen-bond donors (Lipinski definition) is 3. The van der Waals surface area contributed by atoms with Crippen LogP contribution >= 0.6 is 24.8 Å². The van der Waals surface area contributed by atoms with Crippen molar-refractivity contribution >= 4 is 42.4 Å². The molecule has 0 fully saturated rings. The summed E-state index contributed by atoms with van der Waals surface area (Å²) in [6.45, 7) is 2.73. The minimum atomic E-state index is -0.570. The van der Waals surface area contributed by atoms with E-state index >= 15 is 0 Å². The van der Waals surface area contributed by atoms with Gasteiger partial charge in [0.05, 0.1) is 0 Å². The summed E-state index contributed by atoms with van der Waals surface area (Å²) in [7, 11) is 0. The maximum absolute atomic E-state index is 13.5. The Hall–Kier alpha value is -3.88. The lowest BCUT2D eigenvalue weighted by Crippen LogP contribution is -2.37. The van der Waals surface area contributed by atoms with Crippen molar-refractivity contribution in [3.63, 3.8) is 0 Å². The number of aromatic nitrogens is 3. The van der Waals surface area contributed by atoms with Crippen LogP contribution in [0.1, 0.15) is 57.6 Å². The zero-order valence-electron chi connectivity index (χ0n) is 22.1. The van der Waals surface area contributed by atoms with E-state index < -0.39 is 6.04 Å². The van der Waals surface area contributed by atoms with Gasteiger partial charge in [-0.25, -0.2) is 9.97 Å². The van der Waals surface area contributed by atoms with Gasteiger partial charge in [0.25, 0.3) is 5.56 Å². The van der Waals surface area contributed by atoms with E-state index in [1.807, 2.05) is 13.0 Å². The van der Waals surface area contributed by atoms with Crippen molar-refractivity contribution < 1.29 is 4.79 Å². The van der Waals surface area contributed by atoms with Gasteiger partial charge in [-0.05, 0) is 60.1 Å². The first kappa shape index (κ1) is 29.1. The van der Waals surface area contributed by atoms with Crippen LogP contribution in [-0.2, 0) is 24.2 Å². The molecule has 8 nitrogen and oxygen atoms in total. The van der Waals surface area contributed by atoms with Gasteiger partial charge in [-0.2, -0.15) is 0 Å². The number of carbonyl (C=O) groups is 1. The number of amides is 1. The summed E-state index contributed by atoms with van der Waals surface area (Å²) >= 11 is 0. The molecule has 10 heteroatoms. The topological polar surface area (TPSA) is 115 Å². The molecular weight excluding hydrogens is 547 g/mol. The van der Waals surface area contributed by atoms with Gasteiger partial charge in [0.15, 0.2) is 5.82 Å². The molecule has 1 amide bonds. The monoisotopic (exact) mass is 578 g/mol. The first-order chi connectivity index (χ1) is 18.5. The zero-order valence-corrected chi connectivity index (χ0v) is 23.7. The number of nitrogens with zero attached hydrogens (tertiary/aromatic N) is 3. The molecule has 1 aliphatic carbocycles. The molecule has 4 aromatic rings. The lowest BCUT2D eigenvalue weighted by atomic mass is 9.78. The molecule has 3 heterocycles. The Labute approximate surface area is 245 Å². The van der Waals surface area contributed by atoms with Crippen LogP contribution in [-0.4, -0.2) is 27.0 Å². The maximum Gasteiger partial charge on any atom is 0.294 e. The van der Waals surface area contributed by atoms with Crippen LogP contribution in [0.15, 0.2) is 71.7 Å². The smallest absolute Gasteiger partial charge is 0.294 e. The Morgan fingerprint density at radius 3 is 2.38 bits per heavy atom. The van der Waals surface area contributed by atoms with E-state index in [9.17, 15) is 9.59 Å². The third kappa shape index (κ3) is 5.42. The number of benzene rings is 2. The first-order valence-corrected chi connectivity index (χ1v) is 13.0. The molecule has 0 spiro atoms. The van der Waals surface area contributed by atoms with Gasteiger partial charge in [-0.15, -0.1) is 24.8 Å². The van der Waals surface area contributed by atoms with E-state index in [0.29, 0.717) is 31.7 Å². The summed E-state index contributed by atoms with van der Waals surface area (Å²) in [5.74, 6) is 0.634. The molecular formula is C30H32Cl2N6O2. The Balaban J connectivity index is 0.00000185. The van der Waals surface area contributed by atoms with Gasteiger partial charge in [-0.1, -0.05) is 54.6 Å². The molecule has 208 valence electrons. The highest BCUT2D eigenvalue weighted by Gasteiger charge is 2.31. The summed E-state index contributed by atoms with van der Waals surface area (Å²) in [6.07, 6.45) is 3.82.